The van der Waals surface area contributed by atoms with Crippen molar-refractivity contribution in [1.29, 1.82) is 0 Å². The minimum atomic E-state index is -4.48. The minimum absolute atomic E-state index is 0.126. The SMILES string of the molecule is FC(F)(F)c1cn(CC2CCOCC2)c2ncnc(Cl)c12. The number of hydrogen-bond donors (Lipinski definition) is 0. The van der Waals surface area contributed by atoms with E-state index in [-0.39, 0.29) is 22.1 Å². The molecule has 0 N–H and O–H groups in total. The van der Waals surface area contributed by atoms with Crippen LogP contribution in [0.5, 0.6) is 0 Å². The van der Waals surface area contributed by atoms with Crippen LogP contribution in [-0.2, 0) is 17.5 Å². The second kappa shape index (κ2) is 5.46. The molecule has 0 radical (unpaired) electrons. The average Bonchev–Trinajstić information content (AvgIpc) is 2.80. The van der Waals surface area contributed by atoms with Crippen LogP contribution in [0.2, 0.25) is 5.15 Å². The Hall–Kier alpha value is -1.34. The van der Waals surface area contributed by atoms with Gasteiger partial charge in [0.1, 0.15) is 17.1 Å². The maximum atomic E-state index is 13.1. The van der Waals surface area contributed by atoms with E-state index < -0.39 is 11.7 Å². The first-order chi connectivity index (χ1) is 9.97. The summed E-state index contributed by atoms with van der Waals surface area (Å²) in [4.78, 5) is 7.64. The maximum Gasteiger partial charge on any atom is 0.418 e. The van der Waals surface area contributed by atoms with Gasteiger partial charge in [-0.15, -0.1) is 0 Å². The van der Waals surface area contributed by atoms with Crippen LogP contribution in [0.3, 0.4) is 0 Å². The molecule has 2 aromatic heterocycles. The molecular weight excluding hydrogens is 307 g/mol. The van der Waals surface area contributed by atoms with Crippen molar-refractivity contribution < 1.29 is 17.9 Å². The van der Waals surface area contributed by atoms with Crippen LogP contribution in [0.15, 0.2) is 12.5 Å². The van der Waals surface area contributed by atoms with Gasteiger partial charge in [-0.05, 0) is 18.8 Å². The highest BCUT2D eigenvalue weighted by Crippen LogP contribution is 2.38. The van der Waals surface area contributed by atoms with Gasteiger partial charge >= 0.3 is 6.18 Å². The van der Waals surface area contributed by atoms with Gasteiger partial charge in [-0.3, -0.25) is 0 Å². The molecule has 1 saturated heterocycles. The number of halogens is 4. The standard InChI is InChI=1S/C13H13ClF3N3O/c14-11-10-9(13(15,16)17)6-20(12(10)19-7-18-11)5-8-1-3-21-4-2-8/h6-8H,1-5H2. The number of rotatable bonds is 2. The summed E-state index contributed by atoms with van der Waals surface area (Å²) in [6.45, 7) is 1.76. The summed E-state index contributed by atoms with van der Waals surface area (Å²) in [5.74, 6) is 0.282. The van der Waals surface area contributed by atoms with E-state index in [9.17, 15) is 13.2 Å². The smallest absolute Gasteiger partial charge is 0.381 e. The molecule has 0 amide bonds. The fraction of sp³-hybridized carbons (Fsp3) is 0.538. The Morgan fingerprint density at radius 2 is 2.00 bits per heavy atom. The number of aromatic nitrogens is 3. The van der Waals surface area contributed by atoms with E-state index in [2.05, 4.69) is 9.97 Å². The normalized spacial score (nSPS) is 17.5. The molecule has 114 valence electrons. The largest absolute Gasteiger partial charge is 0.418 e. The molecule has 1 aliphatic heterocycles. The van der Waals surface area contributed by atoms with Crippen molar-refractivity contribution in [1.82, 2.24) is 14.5 Å². The zero-order chi connectivity index (χ0) is 15.0. The van der Waals surface area contributed by atoms with Crippen LogP contribution >= 0.6 is 11.6 Å². The summed E-state index contributed by atoms with van der Waals surface area (Å²) >= 11 is 5.84. The Morgan fingerprint density at radius 1 is 1.29 bits per heavy atom. The second-order valence-electron chi connectivity index (χ2n) is 5.11. The third-order valence-corrected chi connectivity index (χ3v) is 4.00. The predicted molar refractivity (Wildman–Crippen MR) is 71.1 cm³/mol. The van der Waals surface area contributed by atoms with E-state index in [0.717, 1.165) is 19.0 Å². The molecule has 3 rings (SSSR count). The Morgan fingerprint density at radius 3 is 2.67 bits per heavy atom. The number of fused-ring (bicyclic) bond motifs is 1. The molecule has 0 spiro atoms. The van der Waals surface area contributed by atoms with Crippen molar-refractivity contribution in [3.63, 3.8) is 0 Å². The van der Waals surface area contributed by atoms with Gasteiger partial charge in [-0.25, -0.2) is 9.97 Å². The zero-order valence-electron chi connectivity index (χ0n) is 11.0. The van der Waals surface area contributed by atoms with Crippen molar-refractivity contribution >= 4 is 22.6 Å². The van der Waals surface area contributed by atoms with Gasteiger partial charge in [0, 0.05) is 26.0 Å². The maximum absolute atomic E-state index is 13.1. The van der Waals surface area contributed by atoms with E-state index in [4.69, 9.17) is 16.3 Å². The lowest BCUT2D eigenvalue weighted by atomic mass is 10.0. The molecule has 0 atom stereocenters. The Bertz CT molecular complexity index is 650. The number of hydrogen-bond acceptors (Lipinski definition) is 3. The number of alkyl halides is 3. The molecule has 0 bridgehead atoms. The molecule has 4 nitrogen and oxygen atoms in total. The Kier molecular flexibility index (Phi) is 3.79. The lowest BCUT2D eigenvalue weighted by Crippen LogP contribution is -2.20. The molecule has 0 unspecified atom stereocenters. The van der Waals surface area contributed by atoms with Crippen LogP contribution in [-0.4, -0.2) is 27.7 Å². The van der Waals surface area contributed by atoms with Crippen LogP contribution < -0.4 is 0 Å². The third-order valence-electron chi connectivity index (χ3n) is 3.71. The molecule has 8 heteroatoms. The average molecular weight is 320 g/mol. The zero-order valence-corrected chi connectivity index (χ0v) is 11.8. The topological polar surface area (TPSA) is 39.9 Å². The van der Waals surface area contributed by atoms with Crippen molar-refractivity contribution in [2.45, 2.75) is 25.6 Å². The van der Waals surface area contributed by atoms with Gasteiger partial charge in [0.15, 0.2) is 0 Å². The number of ether oxygens (including phenoxy) is 1. The van der Waals surface area contributed by atoms with Gasteiger partial charge in [0.25, 0.3) is 0 Å². The Labute approximate surface area is 123 Å². The fourth-order valence-electron chi connectivity index (χ4n) is 2.65. The molecule has 3 heterocycles. The molecule has 0 aliphatic carbocycles. The highest BCUT2D eigenvalue weighted by atomic mass is 35.5. The molecule has 21 heavy (non-hydrogen) atoms. The monoisotopic (exact) mass is 319 g/mol. The van der Waals surface area contributed by atoms with Crippen molar-refractivity contribution in [3.8, 4) is 0 Å². The van der Waals surface area contributed by atoms with Gasteiger partial charge in [0.2, 0.25) is 0 Å². The molecule has 0 saturated carbocycles. The molecule has 1 fully saturated rings. The van der Waals surface area contributed by atoms with Crippen molar-refractivity contribution in [2.75, 3.05) is 13.2 Å². The molecule has 0 aromatic carbocycles. The van der Waals surface area contributed by atoms with Crippen molar-refractivity contribution in [3.05, 3.63) is 23.2 Å². The summed E-state index contributed by atoms with van der Waals surface area (Å²) in [7, 11) is 0. The quantitative estimate of drug-likeness (QED) is 0.795. The highest BCUT2D eigenvalue weighted by Gasteiger charge is 2.36. The summed E-state index contributed by atoms with van der Waals surface area (Å²) in [5.41, 5.74) is -0.552. The first kappa shape index (κ1) is 14.6. The van der Waals surface area contributed by atoms with Crippen LogP contribution in [0.1, 0.15) is 18.4 Å². The van der Waals surface area contributed by atoms with E-state index >= 15 is 0 Å². The summed E-state index contributed by atoms with van der Waals surface area (Å²) in [5, 5.41) is -0.295. The van der Waals surface area contributed by atoms with Crippen LogP contribution in [0.25, 0.3) is 11.0 Å². The fourth-order valence-corrected chi connectivity index (χ4v) is 2.88. The van der Waals surface area contributed by atoms with Crippen LogP contribution in [0, 0.1) is 5.92 Å². The number of nitrogens with zero attached hydrogens (tertiary/aromatic N) is 3. The summed E-state index contributed by atoms with van der Waals surface area (Å²) in [6.07, 6.45) is -0.542. The minimum Gasteiger partial charge on any atom is -0.381 e. The van der Waals surface area contributed by atoms with E-state index in [1.165, 1.54) is 10.9 Å². The molecular formula is C13H13ClF3N3O. The van der Waals surface area contributed by atoms with Gasteiger partial charge in [0.05, 0.1) is 10.9 Å². The van der Waals surface area contributed by atoms with Gasteiger partial charge < -0.3 is 9.30 Å². The van der Waals surface area contributed by atoms with Crippen molar-refractivity contribution in [2.24, 2.45) is 5.92 Å². The van der Waals surface area contributed by atoms with Gasteiger partial charge in [-0.1, -0.05) is 11.6 Å². The summed E-state index contributed by atoms with van der Waals surface area (Å²) < 4.78 is 46.2. The third kappa shape index (κ3) is 2.85. The van der Waals surface area contributed by atoms with Crippen LogP contribution in [0.4, 0.5) is 13.2 Å². The van der Waals surface area contributed by atoms with E-state index in [1.807, 2.05) is 0 Å². The van der Waals surface area contributed by atoms with E-state index in [1.54, 1.807) is 0 Å². The molecule has 2 aromatic rings. The lowest BCUT2D eigenvalue weighted by Gasteiger charge is -2.22. The van der Waals surface area contributed by atoms with E-state index in [0.29, 0.717) is 19.8 Å². The lowest BCUT2D eigenvalue weighted by molar-refractivity contribution is -0.136. The predicted octanol–water partition coefficient (Wildman–Crippen LogP) is 3.53. The Balaban J connectivity index is 2.04. The highest BCUT2D eigenvalue weighted by molar-refractivity contribution is 6.34. The molecule has 1 aliphatic rings. The first-order valence-corrected chi connectivity index (χ1v) is 6.99. The first-order valence-electron chi connectivity index (χ1n) is 6.61. The van der Waals surface area contributed by atoms with Gasteiger partial charge in [-0.2, -0.15) is 13.2 Å². The summed E-state index contributed by atoms with van der Waals surface area (Å²) in [6, 6.07) is 0. The second-order valence-corrected chi connectivity index (χ2v) is 5.47.